The highest BCUT2D eigenvalue weighted by molar-refractivity contribution is 7.14. The van der Waals surface area contributed by atoms with Crippen LogP contribution in [0.1, 0.15) is 24.2 Å². The number of carboxylic acids is 1. The van der Waals surface area contributed by atoms with Crippen LogP contribution in [0.3, 0.4) is 0 Å². The first-order valence-electron chi connectivity index (χ1n) is 7.70. The molecule has 0 aliphatic carbocycles. The maximum atomic E-state index is 11.2. The number of ether oxygens (including phenoxy) is 1. The van der Waals surface area contributed by atoms with Gasteiger partial charge in [0.1, 0.15) is 5.75 Å². The molecule has 0 atom stereocenters. The molecule has 2 N–H and O–H groups in total. The quantitative estimate of drug-likeness (QED) is 0.680. The summed E-state index contributed by atoms with van der Waals surface area (Å²) in [5.74, 6) is -0.410. The molecule has 0 saturated heterocycles. The Bertz CT molecular complexity index is 878. The van der Waals surface area contributed by atoms with Crippen LogP contribution in [0, 0.1) is 0 Å². The molecule has 0 radical (unpaired) electrons. The van der Waals surface area contributed by atoms with Gasteiger partial charge in [-0.05, 0) is 44.2 Å². The lowest BCUT2D eigenvalue weighted by Crippen LogP contribution is -2.08. The van der Waals surface area contributed by atoms with Gasteiger partial charge in [0.25, 0.3) is 0 Å². The molecule has 7 heteroatoms. The fourth-order valence-corrected chi connectivity index (χ4v) is 2.94. The van der Waals surface area contributed by atoms with Crippen LogP contribution < -0.4 is 10.1 Å². The summed E-state index contributed by atoms with van der Waals surface area (Å²) in [6.45, 7) is 3.83. The number of hydrogen-bond acceptors (Lipinski definition) is 6. The van der Waals surface area contributed by atoms with E-state index >= 15 is 0 Å². The zero-order valence-corrected chi connectivity index (χ0v) is 14.6. The highest BCUT2D eigenvalue weighted by Crippen LogP contribution is 2.32. The number of pyridine rings is 1. The van der Waals surface area contributed by atoms with E-state index in [4.69, 9.17) is 4.74 Å². The molecule has 0 saturated carbocycles. The number of benzene rings is 1. The number of rotatable bonds is 6. The molecule has 2 aromatic heterocycles. The first kappa shape index (κ1) is 16.9. The molecular weight excluding hydrogens is 338 g/mol. The fourth-order valence-electron chi connectivity index (χ4n) is 2.21. The smallest absolute Gasteiger partial charge is 0.335 e. The Morgan fingerprint density at radius 3 is 2.84 bits per heavy atom. The Hall–Kier alpha value is -2.93. The Labute approximate surface area is 149 Å². The van der Waals surface area contributed by atoms with Crippen LogP contribution in [0.2, 0.25) is 0 Å². The zero-order chi connectivity index (χ0) is 17.8. The minimum atomic E-state index is -0.991. The van der Waals surface area contributed by atoms with Gasteiger partial charge in [0.15, 0.2) is 5.13 Å². The lowest BCUT2D eigenvalue weighted by atomic mass is 10.2. The van der Waals surface area contributed by atoms with Gasteiger partial charge >= 0.3 is 5.97 Å². The molecule has 0 unspecified atom stereocenters. The first-order valence-corrected chi connectivity index (χ1v) is 8.58. The van der Waals surface area contributed by atoms with E-state index in [2.05, 4.69) is 15.3 Å². The van der Waals surface area contributed by atoms with Gasteiger partial charge in [-0.1, -0.05) is 0 Å². The summed E-state index contributed by atoms with van der Waals surface area (Å²) in [6, 6.07) is 8.51. The van der Waals surface area contributed by atoms with Crippen LogP contribution in [0.5, 0.6) is 5.75 Å². The second-order valence-corrected chi connectivity index (χ2v) is 6.45. The molecule has 2 heterocycles. The number of hydrogen-bond donors (Lipinski definition) is 2. The largest absolute Gasteiger partial charge is 0.489 e. The summed E-state index contributed by atoms with van der Waals surface area (Å²) in [7, 11) is 0. The molecule has 0 spiro atoms. The van der Waals surface area contributed by atoms with Crippen molar-refractivity contribution in [2.75, 3.05) is 5.32 Å². The van der Waals surface area contributed by atoms with E-state index in [1.165, 1.54) is 17.4 Å². The number of carboxylic acid groups (broad SMARTS) is 1. The van der Waals surface area contributed by atoms with Crippen molar-refractivity contribution in [3.63, 3.8) is 0 Å². The van der Waals surface area contributed by atoms with Crippen molar-refractivity contribution in [2.45, 2.75) is 20.0 Å². The van der Waals surface area contributed by atoms with Crippen LogP contribution in [0.25, 0.3) is 11.3 Å². The van der Waals surface area contributed by atoms with Crippen molar-refractivity contribution in [2.24, 2.45) is 0 Å². The van der Waals surface area contributed by atoms with E-state index in [0.717, 1.165) is 11.3 Å². The minimum absolute atomic E-state index is 0.0292. The maximum absolute atomic E-state index is 11.2. The van der Waals surface area contributed by atoms with Crippen LogP contribution in [0.15, 0.2) is 48.1 Å². The standard InChI is InChI=1S/C18H17N3O3S/c1-11(2)24-16-6-5-12(17(22)23)8-14(16)20-18-21-15(10-25-18)13-4-3-7-19-9-13/h3-11H,1-2H3,(H,20,21)(H,22,23). The van der Waals surface area contributed by atoms with E-state index in [1.807, 2.05) is 31.4 Å². The van der Waals surface area contributed by atoms with E-state index in [-0.39, 0.29) is 11.7 Å². The van der Waals surface area contributed by atoms with Gasteiger partial charge in [0.05, 0.1) is 23.0 Å². The van der Waals surface area contributed by atoms with Crippen LogP contribution in [-0.2, 0) is 0 Å². The van der Waals surface area contributed by atoms with Crippen molar-refractivity contribution < 1.29 is 14.6 Å². The SMILES string of the molecule is CC(C)Oc1ccc(C(=O)O)cc1Nc1nc(-c2cccnc2)cs1. The van der Waals surface area contributed by atoms with Crippen molar-refractivity contribution in [1.29, 1.82) is 0 Å². The Kier molecular flexibility index (Phi) is 4.95. The molecule has 0 aliphatic heterocycles. The number of nitrogens with one attached hydrogen (secondary N) is 1. The summed E-state index contributed by atoms with van der Waals surface area (Å²) in [4.78, 5) is 19.9. The van der Waals surface area contributed by atoms with E-state index in [1.54, 1.807) is 24.5 Å². The third-order valence-electron chi connectivity index (χ3n) is 3.29. The summed E-state index contributed by atoms with van der Waals surface area (Å²) >= 11 is 1.43. The Morgan fingerprint density at radius 1 is 1.32 bits per heavy atom. The fraction of sp³-hybridized carbons (Fsp3) is 0.167. The molecule has 6 nitrogen and oxygen atoms in total. The lowest BCUT2D eigenvalue weighted by Gasteiger charge is -2.15. The van der Waals surface area contributed by atoms with Crippen molar-refractivity contribution in [3.05, 3.63) is 53.7 Å². The van der Waals surface area contributed by atoms with Gasteiger partial charge < -0.3 is 15.2 Å². The zero-order valence-electron chi connectivity index (χ0n) is 13.8. The second-order valence-electron chi connectivity index (χ2n) is 5.59. The highest BCUT2D eigenvalue weighted by Gasteiger charge is 2.13. The number of aromatic nitrogens is 2. The average Bonchev–Trinajstić information content (AvgIpc) is 3.05. The Morgan fingerprint density at radius 2 is 2.16 bits per heavy atom. The van der Waals surface area contributed by atoms with E-state index in [0.29, 0.717) is 16.6 Å². The minimum Gasteiger partial charge on any atom is -0.489 e. The average molecular weight is 355 g/mol. The van der Waals surface area contributed by atoms with Crippen molar-refractivity contribution in [1.82, 2.24) is 9.97 Å². The van der Waals surface area contributed by atoms with E-state index < -0.39 is 5.97 Å². The third kappa shape index (κ3) is 4.13. The Balaban J connectivity index is 1.90. The van der Waals surface area contributed by atoms with Gasteiger partial charge in [-0.2, -0.15) is 0 Å². The third-order valence-corrected chi connectivity index (χ3v) is 4.05. The summed E-state index contributed by atoms with van der Waals surface area (Å²) in [5.41, 5.74) is 2.48. The molecule has 3 rings (SSSR count). The molecule has 0 bridgehead atoms. The van der Waals surface area contributed by atoms with Gasteiger partial charge in [-0.15, -0.1) is 11.3 Å². The molecule has 25 heavy (non-hydrogen) atoms. The first-order chi connectivity index (χ1) is 12.0. The van der Waals surface area contributed by atoms with Crippen molar-refractivity contribution in [3.8, 4) is 17.0 Å². The number of carbonyl (C=O) groups is 1. The molecule has 0 aliphatic rings. The molecule has 128 valence electrons. The predicted molar refractivity (Wildman–Crippen MR) is 97.8 cm³/mol. The molecule has 3 aromatic rings. The van der Waals surface area contributed by atoms with Gasteiger partial charge in [-0.25, -0.2) is 9.78 Å². The molecule has 1 aromatic carbocycles. The number of anilines is 2. The second kappa shape index (κ2) is 7.31. The van der Waals surface area contributed by atoms with Crippen LogP contribution in [-0.4, -0.2) is 27.1 Å². The number of nitrogens with zero attached hydrogens (tertiary/aromatic N) is 2. The normalized spacial score (nSPS) is 10.7. The maximum Gasteiger partial charge on any atom is 0.335 e. The van der Waals surface area contributed by atoms with Crippen LogP contribution in [0.4, 0.5) is 10.8 Å². The summed E-state index contributed by atoms with van der Waals surface area (Å²) in [6.07, 6.45) is 3.43. The highest BCUT2D eigenvalue weighted by atomic mass is 32.1. The van der Waals surface area contributed by atoms with Gasteiger partial charge in [-0.3, -0.25) is 4.98 Å². The monoisotopic (exact) mass is 355 g/mol. The number of aromatic carboxylic acids is 1. The molecule has 0 amide bonds. The molecule has 0 fully saturated rings. The summed E-state index contributed by atoms with van der Waals surface area (Å²) < 4.78 is 5.76. The van der Waals surface area contributed by atoms with Gasteiger partial charge in [0, 0.05) is 23.3 Å². The van der Waals surface area contributed by atoms with Crippen LogP contribution >= 0.6 is 11.3 Å². The molecular formula is C18H17N3O3S. The summed E-state index contributed by atoms with van der Waals surface area (Å²) in [5, 5.41) is 14.9. The lowest BCUT2D eigenvalue weighted by molar-refractivity contribution is 0.0697. The predicted octanol–water partition coefficient (Wildman–Crippen LogP) is 4.43. The van der Waals surface area contributed by atoms with Gasteiger partial charge in [0.2, 0.25) is 0 Å². The van der Waals surface area contributed by atoms with Crippen molar-refractivity contribution >= 4 is 28.1 Å². The van der Waals surface area contributed by atoms with E-state index in [9.17, 15) is 9.90 Å². The topological polar surface area (TPSA) is 84.3 Å². The number of thiazole rings is 1.